The van der Waals surface area contributed by atoms with Gasteiger partial charge in [0.25, 0.3) is 10.8 Å². The van der Waals surface area contributed by atoms with E-state index in [4.69, 9.17) is 4.74 Å². The first kappa shape index (κ1) is 16.4. The second-order valence-electron chi connectivity index (χ2n) is 5.45. The van der Waals surface area contributed by atoms with E-state index < -0.39 is 16.7 Å². The number of hydrogen-bond acceptors (Lipinski definition) is 5. The summed E-state index contributed by atoms with van der Waals surface area (Å²) >= 11 is 1.17. The summed E-state index contributed by atoms with van der Waals surface area (Å²) in [6.07, 6.45) is 0. The summed E-state index contributed by atoms with van der Waals surface area (Å²) in [4.78, 5) is 24.7. The first-order valence-electron chi connectivity index (χ1n) is 7.67. The van der Waals surface area contributed by atoms with Crippen LogP contribution in [0.1, 0.15) is 12.5 Å². The predicted octanol–water partition coefficient (Wildman–Crippen LogP) is 3.41. The smallest absolute Gasteiger partial charge is 0.352 e. The Kier molecular flexibility index (Phi) is 4.49. The monoisotopic (exact) mass is 342 g/mol. The van der Waals surface area contributed by atoms with E-state index in [0.717, 1.165) is 10.5 Å². The number of carbonyl (C=O) groups excluding carboxylic acids is 2. The number of nitrogens with one attached hydrogen (secondary N) is 2. The zero-order valence-electron chi connectivity index (χ0n) is 13.5. The van der Waals surface area contributed by atoms with Gasteiger partial charge in [0.15, 0.2) is 0 Å². The summed E-state index contributed by atoms with van der Waals surface area (Å²) in [6, 6.07) is 14.9. The van der Waals surface area contributed by atoms with E-state index in [0.29, 0.717) is 11.4 Å². The van der Waals surface area contributed by atoms with Crippen LogP contribution in [0.2, 0.25) is 0 Å². The van der Waals surface area contributed by atoms with Crippen LogP contribution in [-0.2, 0) is 14.3 Å². The van der Waals surface area contributed by atoms with Crippen LogP contribution in [0.3, 0.4) is 0 Å². The van der Waals surface area contributed by atoms with E-state index in [1.165, 1.54) is 11.8 Å². The molecule has 0 aromatic heterocycles. The molecule has 24 heavy (non-hydrogen) atoms. The van der Waals surface area contributed by atoms with Gasteiger partial charge < -0.3 is 15.4 Å². The third-order valence-corrected chi connectivity index (χ3v) is 4.94. The summed E-state index contributed by atoms with van der Waals surface area (Å²) < 4.78 is 5.19. The van der Waals surface area contributed by atoms with Gasteiger partial charge >= 0.3 is 5.97 Å². The van der Waals surface area contributed by atoms with Crippen LogP contribution >= 0.6 is 11.8 Å². The second kappa shape index (κ2) is 6.57. The number of ether oxygens (including phenoxy) is 1. The van der Waals surface area contributed by atoms with E-state index >= 15 is 0 Å². The lowest BCUT2D eigenvalue weighted by Crippen LogP contribution is -2.55. The number of para-hydroxylation sites is 1. The van der Waals surface area contributed by atoms with Crippen LogP contribution in [0.15, 0.2) is 53.4 Å². The molecular formula is C18H18N2O3S. The molecule has 6 heteroatoms. The minimum absolute atomic E-state index is 0.200. The Morgan fingerprint density at radius 2 is 2.00 bits per heavy atom. The van der Waals surface area contributed by atoms with Crippen molar-refractivity contribution in [1.29, 1.82) is 0 Å². The maximum absolute atomic E-state index is 12.8. The first-order chi connectivity index (χ1) is 11.5. The number of fused-ring (bicyclic) bond motifs is 1. The van der Waals surface area contributed by atoms with Crippen molar-refractivity contribution in [3.8, 4) is 0 Å². The Morgan fingerprint density at radius 1 is 1.25 bits per heavy atom. The van der Waals surface area contributed by atoms with Crippen LogP contribution in [0.25, 0.3) is 0 Å². The van der Waals surface area contributed by atoms with Crippen molar-refractivity contribution in [3.05, 3.63) is 54.1 Å². The molecule has 2 aromatic rings. The molecule has 0 saturated heterocycles. The van der Waals surface area contributed by atoms with E-state index in [1.807, 2.05) is 43.3 Å². The quantitative estimate of drug-likeness (QED) is 0.658. The molecule has 2 N–H and O–H groups in total. The Bertz CT molecular complexity index is 779. The summed E-state index contributed by atoms with van der Waals surface area (Å²) in [5.74, 6) is -1.05. The van der Waals surface area contributed by atoms with Crippen molar-refractivity contribution in [1.82, 2.24) is 0 Å². The molecule has 3 rings (SSSR count). The molecule has 1 aliphatic rings. The Labute approximate surface area is 144 Å². The standard InChI is InChI=1S/C18H18N2O3S/c1-3-23-17(22)18(20-13-7-5-4-6-8-13)16(21)19-14-10-9-12(2)11-15(14)24-18/h4-11,20H,3H2,1-2H3,(H,19,21)/t18-/m0/s1. The van der Waals surface area contributed by atoms with E-state index in [9.17, 15) is 9.59 Å². The van der Waals surface area contributed by atoms with Gasteiger partial charge in [-0.15, -0.1) is 0 Å². The van der Waals surface area contributed by atoms with Gasteiger partial charge in [-0.25, -0.2) is 4.79 Å². The number of amides is 1. The molecule has 0 unspecified atom stereocenters. The van der Waals surface area contributed by atoms with Crippen molar-refractivity contribution in [3.63, 3.8) is 0 Å². The summed E-state index contributed by atoms with van der Waals surface area (Å²) in [5.41, 5.74) is 2.42. The van der Waals surface area contributed by atoms with E-state index in [1.54, 1.807) is 19.1 Å². The van der Waals surface area contributed by atoms with Crippen molar-refractivity contribution >= 4 is 35.0 Å². The predicted molar refractivity (Wildman–Crippen MR) is 95.1 cm³/mol. The van der Waals surface area contributed by atoms with Crippen LogP contribution < -0.4 is 10.6 Å². The fourth-order valence-electron chi connectivity index (χ4n) is 2.46. The molecule has 2 aromatic carbocycles. The lowest BCUT2D eigenvalue weighted by atomic mass is 10.2. The number of benzene rings is 2. The van der Waals surface area contributed by atoms with Crippen LogP contribution in [-0.4, -0.2) is 23.4 Å². The Hall–Kier alpha value is -2.47. The largest absolute Gasteiger partial charge is 0.463 e. The zero-order chi connectivity index (χ0) is 17.2. The van der Waals surface area contributed by atoms with Crippen molar-refractivity contribution in [2.45, 2.75) is 23.6 Å². The fourth-order valence-corrected chi connectivity index (χ4v) is 3.72. The van der Waals surface area contributed by atoms with Crippen molar-refractivity contribution in [2.24, 2.45) is 0 Å². The minimum atomic E-state index is -1.56. The number of esters is 1. The van der Waals surface area contributed by atoms with Gasteiger partial charge in [-0.1, -0.05) is 36.0 Å². The number of hydrogen-bond donors (Lipinski definition) is 2. The molecule has 1 heterocycles. The van der Waals surface area contributed by atoms with Gasteiger partial charge in [0.2, 0.25) is 0 Å². The highest BCUT2D eigenvalue weighted by molar-refractivity contribution is 8.02. The normalized spacial score (nSPS) is 19.2. The lowest BCUT2D eigenvalue weighted by Gasteiger charge is -2.35. The van der Waals surface area contributed by atoms with Gasteiger partial charge in [0, 0.05) is 10.6 Å². The molecular weight excluding hydrogens is 324 g/mol. The highest BCUT2D eigenvalue weighted by Gasteiger charge is 2.52. The average Bonchev–Trinajstić information content (AvgIpc) is 2.57. The number of rotatable bonds is 4. The molecule has 1 amide bonds. The number of aryl methyl sites for hydroxylation is 1. The van der Waals surface area contributed by atoms with E-state index in [2.05, 4.69) is 10.6 Å². The molecule has 0 bridgehead atoms. The highest BCUT2D eigenvalue weighted by Crippen LogP contribution is 2.44. The second-order valence-corrected chi connectivity index (χ2v) is 6.70. The Morgan fingerprint density at radius 3 is 2.71 bits per heavy atom. The number of carbonyl (C=O) groups is 2. The summed E-state index contributed by atoms with van der Waals surface area (Å²) in [5, 5.41) is 5.88. The van der Waals surface area contributed by atoms with Crippen LogP contribution in [0.4, 0.5) is 11.4 Å². The molecule has 1 aliphatic heterocycles. The molecule has 5 nitrogen and oxygen atoms in total. The van der Waals surface area contributed by atoms with Crippen LogP contribution in [0, 0.1) is 6.92 Å². The van der Waals surface area contributed by atoms with Gasteiger partial charge in [-0.3, -0.25) is 4.79 Å². The molecule has 1 atom stereocenters. The topological polar surface area (TPSA) is 67.4 Å². The molecule has 0 saturated carbocycles. The number of thioether (sulfide) groups is 1. The average molecular weight is 342 g/mol. The van der Waals surface area contributed by atoms with E-state index in [-0.39, 0.29) is 6.61 Å². The maximum Gasteiger partial charge on any atom is 0.352 e. The Balaban J connectivity index is 2.04. The van der Waals surface area contributed by atoms with Gasteiger partial charge in [-0.05, 0) is 43.7 Å². The third kappa shape index (κ3) is 2.97. The summed E-state index contributed by atoms with van der Waals surface area (Å²) in [7, 11) is 0. The minimum Gasteiger partial charge on any atom is -0.463 e. The maximum atomic E-state index is 12.8. The third-order valence-electron chi connectivity index (χ3n) is 3.63. The first-order valence-corrected chi connectivity index (χ1v) is 8.48. The highest BCUT2D eigenvalue weighted by atomic mass is 32.2. The van der Waals surface area contributed by atoms with Crippen molar-refractivity contribution < 1.29 is 14.3 Å². The van der Waals surface area contributed by atoms with Gasteiger partial charge in [0.1, 0.15) is 0 Å². The summed E-state index contributed by atoms with van der Waals surface area (Å²) in [6.45, 7) is 3.89. The molecule has 0 fully saturated rings. The van der Waals surface area contributed by atoms with Crippen molar-refractivity contribution in [2.75, 3.05) is 17.2 Å². The molecule has 124 valence electrons. The van der Waals surface area contributed by atoms with Crippen LogP contribution in [0.5, 0.6) is 0 Å². The lowest BCUT2D eigenvalue weighted by molar-refractivity contribution is -0.147. The number of anilines is 2. The molecule has 0 aliphatic carbocycles. The molecule has 0 radical (unpaired) electrons. The fraction of sp³-hybridized carbons (Fsp3) is 0.222. The zero-order valence-corrected chi connectivity index (χ0v) is 14.3. The molecule has 0 spiro atoms. The van der Waals surface area contributed by atoms with Gasteiger partial charge in [0.05, 0.1) is 12.3 Å². The van der Waals surface area contributed by atoms with Gasteiger partial charge in [-0.2, -0.15) is 0 Å². The SMILES string of the molecule is CCOC(=O)[C@@]1(Nc2ccccc2)Sc2cc(C)ccc2NC1=O.